The van der Waals surface area contributed by atoms with E-state index in [1.807, 2.05) is 26.8 Å². The van der Waals surface area contributed by atoms with Crippen molar-refractivity contribution in [1.29, 1.82) is 0 Å². The fourth-order valence-corrected chi connectivity index (χ4v) is 3.86. The van der Waals surface area contributed by atoms with E-state index in [-0.39, 0.29) is 23.2 Å². The van der Waals surface area contributed by atoms with Crippen molar-refractivity contribution >= 4 is 21.9 Å². The topological polar surface area (TPSA) is 129 Å². The van der Waals surface area contributed by atoms with E-state index >= 15 is 0 Å². The van der Waals surface area contributed by atoms with Crippen molar-refractivity contribution in [3.63, 3.8) is 0 Å². The molecular weight excluding hydrogens is 344 g/mol. The lowest BCUT2D eigenvalue weighted by atomic mass is 9.85. The van der Waals surface area contributed by atoms with Gasteiger partial charge in [-0.05, 0) is 48.4 Å². The first kappa shape index (κ1) is 21.1. The van der Waals surface area contributed by atoms with Gasteiger partial charge in [0.1, 0.15) is 0 Å². The molecular formula is C17H25N2O5S-. The van der Waals surface area contributed by atoms with Crippen molar-refractivity contribution in [3.8, 4) is 0 Å². The summed E-state index contributed by atoms with van der Waals surface area (Å²) in [6.07, 6.45) is -0.533. The van der Waals surface area contributed by atoms with Gasteiger partial charge in [0.25, 0.3) is 0 Å². The quantitative estimate of drug-likeness (QED) is 0.712. The van der Waals surface area contributed by atoms with Crippen LogP contribution in [0.4, 0.5) is 0 Å². The van der Waals surface area contributed by atoms with Gasteiger partial charge in [-0.15, -0.1) is 0 Å². The molecule has 0 heterocycles. The normalized spacial score (nSPS) is 13.5. The molecule has 1 amide bonds. The summed E-state index contributed by atoms with van der Waals surface area (Å²) in [4.78, 5) is 22.1. The third-order valence-corrected chi connectivity index (χ3v) is 5.63. The number of sulfonamides is 1. The number of carbonyl (C=O) groups is 2. The summed E-state index contributed by atoms with van der Waals surface area (Å²) in [6.45, 7) is 9.33. The van der Waals surface area contributed by atoms with Crippen molar-refractivity contribution < 1.29 is 23.1 Å². The van der Waals surface area contributed by atoms with Crippen LogP contribution in [0.15, 0.2) is 17.0 Å². The van der Waals surface area contributed by atoms with E-state index in [0.717, 1.165) is 11.1 Å². The number of rotatable bonds is 7. The van der Waals surface area contributed by atoms with Crippen LogP contribution in [0, 0.1) is 13.8 Å². The average molecular weight is 369 g/mol. The minimum absolute atomic E-state index is 0.0164. The molecule has 0 saturated heterocycles. The van der Waals surface area contributed by atoms with Gasteiger partial charge in [0.15, 0.2) is 0 Å². The SMILES string of the molecule is Cc1cc(C(C)(C)C)cc(S(=O)(=O)N[C@H](CCC(N)=O)C(=O)[O-])c1C. The Balaban J connectivity index is 3.30. The second-order valence-corrected chi connectivity index (χ2v) is 8.85. The number of primary amides is 1. The van der Waals surface area contributed by atoms with Crippen LogP contribution in [-0.2, 0) is 25.0 Å². The molecule has 0 unspecified atom stereocenters. The van der Waals surface area contributed by atoms with Gasteiger partial charge >= 0.3 is 0 Å². The van der Waals surface area contributed by atoms with Gasteiger partial charge in [0.05, 0.1) is 16.9 Å². The minimum atomic E-state index is -4.11. The van der Waals surface area contributed by atoms with Crippen molar-refractivity contribution in [1.82, 2.24) is 4.72 Å². The zero-order chi connectivity index (χ0) is 19.6. The van der Waals surface area contributed by atoms with E-state index < -0.39 is 27.9 Å². The molecule has 1 atom stereocenters. The molecule has 0 aliphatic heterocycles. The highest BCUT2D eigenvalue weighted by Gasteiger charge is 2.26. The summed E-state index contributed by atoms with van der Waals surface area (Å²) in [6, 6.07) is 1.93. The van der Waals surface area contributed by atoms with Gasteiger partial charge in [-0.1, -0.05) is 26.8 Å². The molecule has 1 aromatic rings. The fourth-order valence-electron chi connectivity index (χ4n) is 2.30. The van der Waals surface area contributed by atoms with Gasteiger partial charge in [0, 0.05) is 6.42 Å². The van der Waals surface area contributed by atoms with Crippen molar-refractivity contribution in [2.75, 3.05) is 0 Å². The van der Waals surface area contributed by atoms with Gasteiger partial charge in [-0.2, -0.15) is 0 Å². The molecule has 0 aliphatic carbocycles. The van der Waals surface area contributed by atoms with Crippen LogP contribution >= 0.6 is 0 Å². The highest BCUT2D eigenvalue weighted by molar-refractivity contribution is 7.89. The van der Waals surface area contributed by atoms with E-state index in [0.29, 0.717) is 5.56 Å². The van der Waals surface area contributed by atoms with Crippen LogP contribution < -0.4 is 15.6 Å². The van der Waals surface area contributed by atoms with E-state index in [1.54, 1.807) is 19.9 Å². The number of carbonyl (C=O) groups excluding carboxylic acids is 2. The van der Waals surface area contributed by atoms with Gasteiger partial charge in [-0.3, -0.25) is 4.79 Å². The Labute approximate surface area is 148 Å². The maximum absolute atomic E-state index is 12.7. The molecule has 8 heteroatoms. The van der Waals surface area contributed by atoms with Crippen LogP contribution in [0.5, 0.6) is 0 Å². The lowest BCUT2D eigenvalue weighted by Gasteiger charge is -2.24. The maximum atomic E-state index is 12.7. The molecule has 1 rings (SSSR count). The molecule has 0 spiro atoms. The highest BCUT2D eigenvalue weighted by Crippen LogP contribution is 2.29. The number of carboxylic acids is 1. The third-order valence-electron chi connectivity index (χ3n) is 4.04. The summed E-state index contributed by atoms with van der Waals surface area (Å²) < 4.78 is 27.6. The third kappa shape index (κ3) is 5.54. The molecule has 0 aromatic heterocycles. The molecule has 3 N–H and O–H groups in total. The Morgan fingerprint density at radius 3 is 2.24 bits per heavy atom. The Morgan fingerprint density at radius 1 is 1.24 bits per heavy atom. The van der Waals surface area contributed by atoms with Gasteiger partial charge in [-0.25, -0.2) is 13.1 Å². The van der Waals surface area contributed by atoms with Gasteiger partial charge in [0.2, 0.25) is 15.9 Å². The van der Waals surface area contributed by atoms with E-state index in [9.17, 15) is 23.1 Å². The number of hydrogen-bond acceptors (Lipinski definition) is 5. The number of nitrogens with two attached hydrogens (primary N) is 1. The lowest BCUT2D eigenvalue weighted by molar-refractivity contribution is -0.308. The number of amides is 1. The molecule has 7 nitrogen and oxygen atoms in total. The number of aryl methyl sites for hydroxylation is 1. The molecule has 140 valence electrons. The summed E-state index contributed by atoms with van der Waals surface area (Å²) in [5, 5.41) is 11.2. The number of benzene rings is 1. The summed E-state index contributed by atoms with van der Waals surface area (Å²) >= 11 is 0. The van der Waals surface area contributed by atoms with Gasteiger partial charge < -0.3 is 15.6 Å². The molecule has 0 fully saturated rings. The van der Waals surface area contributed by atoms with Crippen molar-refractivity contribution in [2.24, 2.45) is 5.73 Å². The zero-order valence-corrected chi connectivity index (χ0v) is 16.0. The van der Waals surface area contributed by atoms with Crippen LogP contribution in [0.2, 0.25) is 0 Å². The molecule has 1 aromatic carbocycles. The maximum Gasteiger partial charge on any atom is 0.241 e. The predicted octanol–water partition coefficient (Wildman–Crippen LogP) is 0.263. The van der Waals surface area contributed by atoms with Crippen LogP contribution in [0.25, 0.3) is 0 Å². The Morgan fingerprint density at radius 2 is 1.80 bits per heavy atom. The highest BCUT2D eigenvalue weighted by atomic mass is 32.2. The molecule has 0 saturated carbocycles. The minimum Gasteiger partial charge on any atom is -0.548 e. The van der Waals surface area contributed by atoms with Crippen LogP contribution in [0.3, 0.4) is 0 Å². The van der Waals surface area contributed by atoms with E-state index in [1.165, 1.54) is 0 Å². The van der Waals surface area contributed by atoms with Crippen molar-refractivity contribution in [3.05, 3.63) is 28.8 Å². The lowest BCUT2D eigenvalue weighted by Crippen LogP contribution is -2.48. The van der Waals surface area contributed by atoms with Crippen LogP contribution in [0.1, 0.15) is 50.3 Å². The Kier molecular flexibility index (Phi) is 6.36. The second-order valence-electron chi connectivity index (χ2n) is 7.16. The van der Waals surface area contributed by atoms with E-state index in [2.05, 4.69) is 4.72 Å². The van der Waals surface area contributed by atoms with Crippen LogP contribution in [-0.4, -0.2) is 26.3 Å². The largest absolute Gasteiger partial charge is 0.548 e. The standard InChI is InChI=1S/C17H26N2O5S/c1-10-8-12(17(3,4)5)9-14(11(10)2)25(23,24)19-13(16(21)22)6-7-15(18)20/h8-9,13,19H,6-7H2,1-5H3,(H2,18,20)(H,21,22)/p-1/t13-/m1/s1. The number of aliphatic carboxylic acids is 1. The first-order chi connectivity index (χ1) is 11.3. The summed E-state index contributed by atoms with van der Waals surface area (Å²) in [5.41, 5.74) is 6.86. The molecule has 0 aliphatic rings. The Hall–Kier alpha value is -1.93. The summed E-state index contributed by atoms with van der Waals surface area (Å²) in [5.74, 6) is -2.32. The Bertz CT molecular complexity index is 779. The average Bonchev–Trinajstić information content (AvgIpc) is 2.44. The first-order valence-electron chi connectivity index (χ1n) is 7.89. The van der Waals surface area contributed by atoms with Crippen molar-refractivity contribution in [2.45, 2.75) is 63.8 Å². The summed E-state index contributed by atoms with van der Waals surface area (Å²) in [7, 11) is -4.11. The first-order valence-corrected chi connectivity index (χ1v) is 9.37. The van der Waals surface area contributed by atoms with E-state index in [4.69, 9.17) is 5.73 Å². The number of nitrogens with one attached hydrogen (secondary N) is 1. The molecule has 0 bridgehead atoms. The predicted molar refractivity (Wildman–Crippen MR) is 92.2 cm³/mol. The molecule has 0 radical (unpaired) electrons. The number of hydrogen-bond donors (Lipinski definition) is 2. The zero-order valence-electron chi connectivity index (χ0n) is 15.2. The monoisotopic (exact) mass is 369 g/mol. The molecule has 25 heavy (non-hydrogen) atoms. The fraction of sp³-hybridized carbons (Fsp3) is 0.529. The smallest absolute Gasteiger partial charge is 0.241 e. The second kappa shape index (κ2) is 7.53. The number of carboxylic acid groups (broad SMARTS) is 1.